The minimum atomic E-state index is -0.933. The number of amides is 2. The lowest BCUT2D eigenvalue weighted by Crippen LogP contribution is -2.39. The zero-order valence-electron chi connectivity index (χ0n) is 17.2. The molecule has 0 heterocycles. The Morgan fingerprint density at radius 3 is 2.30 bits per heavy atom. The van der Waals surface area contributed by atoms with Crippen molar-refractivity contribution in [2.24, 2.45) is 5.92 Å². The third-order valence-corrected chi connectivity index (χ3v) is 5.05. The molecule has 0 radical (unpaired) electrons. The van der Waals surface area contributed by atoms with Gasteiger partial charge in [0.1, 0.15) is 6.61 Å². The van der Waals surface area contributed by atoms with Crippen LogP contribution in [0.25, 0.3) is 0 Å². The molecule has 30 heavy (non-hydrogen) atoms. The Kier molecular flexibility index (Phi) is 10.2. The van der Waals surface area contributed by atoms with Crippen molar-refractivity contribution in [1.82, 2.24) is 5.32 Å². The summed E-state index contributed by atoms with van der Waals surface area (Å²) in [6.07, 6.45) is 6.29. The van der Waals surface area contributed by atoms with Gasteiger partial charge in [-0.1, -0.05) is 55.1 Å². The summed E-state index contributed by atoms with van der Waals surface area (Å²) in [6.45, 7) is 0.530. The largest absolute Gasteiger partial charge is 0.480 e. The van der Waals surface area contributed by atoms with Gasteiger partial charge in [-0.15, -0.1) is 0 Å². The zero-order chi connectivity index (χ0) is 21.8. The van der Waals surface area contributed by atoms with Crippen LogP contribution >= 0.6 is 11.6 Å². The number of nitrogens with zero attached hydrogens (tertiary/aromatic N) is 1. The van der Waals surface area contributed by atoms with Crippen LogP contribution in [-0.4, -0.2) is 37.4 Å². The number of hydrogen-bond acceptors (Lipinski definition) is 3. The number of carbonyl (C=O) groups is 2. The number of ether oxygens (including phenoxy) is 1. The van der Waals surface area contributed by atoms with Gasteiger partial charge in [0.25, 0.3) is 0 Å². The van der Waals surface area contributed by atoms with Gasteiger partial charge in [0, 0.05) is 18.7 Å². The van der Waals surface area contributed by atoms with E-state index < -0.39 is 5.97 Å². The molecule has 2 aromatic carbocycles. The van der Waals surface area contributed by atoms with Gasteiger partial charge in [0.05, 0.1) is 11.4 Å². The standard InChI is InChI=1S/C20H23ClN2O.C3H6O3/c21-17-10-7-13-19(14-17)23(18-11-5-2-6-12-18)20(24)22-15-16-8-3-1-4-9-16;1-6-2-3(4)5/h2,5-7,10-14,16H,1,3-4,8-9,15H2,(H,22,24);2H2,1H3,(H,4,5). The molecular formula is C23H29ClN2O4. The molecule has 162 valence electrons. The highest BCUT2D eigenvalue weighted by molar-refractivity contribution is 6.31. The highest BCUT2D eigenvalue weighted by atomic mass is 35.5. The minimum Gasteiger partial charge on any atom is -0.480 e. The molecule has 1 saturated carbocycles. The number of carbonyl (C=O) groups excluding carboxylic acids is 1. The van der Waals surface area contributed by atoms with E-state index in [9.17, 15) is 9.59 Å². The van der Waals surface area contributed by atoms with Crippen molar-refractivity contribution in [3.05, 3.63) is 59.6 Å². The van der Waals surface area contributed by atoms with E-state index in [1.54, 1.807) is 4.90 Å². The van der Waals surface area contributed by atoms with Crippen molar-refractivity contribution in [3.8, 4) is 0 Å². The van der Waals surface area contributed by atoms with Crippen LogP contribution in [0.15, 0.2) is 54.6 Å². The molecule has 2 aromatic rings. The first kappa shape index (κ1) is 23.7. The summed E-state index contributed by atoms with van der Waals surface area (Å²) in [6, 6.07) is 17.0. The van der Waals surface area contributed by atoms with Crippen LogP contribution in [0, 0.1) is 5.92 Å². The molecule has 0 aliphatic heterocycles. The quantitative estimate of drug-likeness (QED) is 0.632. The first-order valence-corrected chi connectivity index (χ1v) is 10.5. The zero-order valence-corrected chi connectivity index (χ0v) is 18.0. The molecule has 2 amide bonds. The van der Waals surface area contributed by atoms with Gasteiger partial charge in [-0.2, -0.15) is 0 Å². The normalized spacial score (nSPS) is 13.7. The third-order valence-electron chi connectivity index (χ3n) is 4.82. The molecule has 0 aromatic heterocycles. The molecule has 0 saturated heterocycles. The molecular weight excluding hydrogens is 404 g/mol. The van der Waals surface area contributed by atoms with Crippen molar-refractivity contribution in [1.29, 1.82) is 0 Å². The number of para-hydroxylation sites is 1. The number of hydrogen-bond donors (Lipinski definition) is 2. The Hall–Kier alpha value is -2.57. The number of aliphatic carboxylic acids is 1. The SMILES string of the molecule is COCC(=O)O.O=C(NCC1CCCCC1)N(c1ccccc1)c1cccc(Cl)c1. The molecule has 7 heteroatoms. The van der Waals surface area contributed by atoms with Crippen molar-refractivity contribution in [2.75, 3.05) is 25.2 Å². The summed E-state index contributed by atoms with van der Waals surface area (Å²) in [5, 5.41) is 11.5. The second kappa shape index (κ2) is 12.9. The number of carboxylic acid groups (broad SMARTS) is 1. The number of methoxy groups -OCH3 is 1. The number of halogens is 1. The third kappa shape index (κ3) is 8.05. The van der Waals surface area contributed by atoms with E-state index in [0.29, 0.717) is 10.9 Å². The fourth-order valence-electron chi connectivity index (χ4n) is 3.40. The highest BCUT2D eigenvalue weighted by Crippen LogP contribution is 2.28. The first-order valence-electron chi connectivity index (χ1n) is 10.1. The maximum Gasteiger partial charge on any atom is 0.329 e. The first-order chi connectivity index (χ1) is 14.5. The summed E-state index contributed by atoms with van der Waals surface area (Å²) in [7, 11) is 1.34. The number of carboxylic acids is 1. The van der Waals surface area contributed by atoms with Crippen LogP contribution in [-0.2, 0) is 9.53 Å². The smallest absolute Gasteiger partial charge is 0.329 e. The van der Waals surface area contributed by atoms with Crippen LogP contribution in [0.4, 0.5) is 16.2 Å². The van der Waals surface area contributed by atoms with E-state index >= 15 is 0 Å². The predicted molar refractivity (Wildman–Crippen MR) is 120 cm³/mol. The number of urea groups is 1. The van der Waals surface area contributed by atoms with Crippen molar-refractivity contribution in [2.45, 2.75) is 32.1 Å². The monoisotopic (exact) mass is 432 g/mol. The van der Waals surface area contributed by atoms with E-state index in [2.05, 4.69) is 10.1 Å². The molecule has 0 atom stereocenters. The lowest BCUT2D eigenvalue weighted by Gasteiger charge is -2.26. The number of rotatable bonds is 6. The molecule has 0 unspecified atom stereocenters. The Morgan fingerprint density at radius 1 is 1.07 bits per heavy atom. The molecule has 1 aliphatic rings. The van der Waals surface area contributed by atoms with Gasteiger partial charge < -0.3 is 15.2 Å². The van der Waals surface area contributed by atoms with Crippen molar-refractivity contribution < 1.29 is 19.4 Å². The summed E-state index contributed by atoms with van der Waals surface area (Å²) in [4.78, 5) is 24.0. The Balaban J connectivity index is 0.000000469. The van der Waals surface area contributed by atoms with Crippen LogP contribution in [0.2, 0.25) is 5.02 Å². The highest BCUT2D eigenvalue weighted by Gasteiger charge is 2.20. The number of benzene rings is 2. The second-order valence-corrected chi connectivity index (χ2v) is 7.60. The summed E-state index contributed by atoms with van der Waals surface area (Å²) in [5.41, 5.74) is 1.61. The summed E-state index contributed by atoms with van der Waals surface area (Å²) >= 11 is 6.12. The average molecular weight is 433 g/mol. The van der Waals surface area contributed by atoms with Crippen LogP contribution < -0.4 is 10.2 Å². The maximum absolute atomic E-state index is 12.9. The number of anilines is 2. The van der Waals surface area contributed by atoms with Crippen LogP contribution in [0.3, 0.4) is 0 Å². The average Bonchev–Trinajstić information content (AvgIpc) is 2.74. The topological polar surface area (TPSA) is 78.9 Å². The van der Waals surface area contributed by atoms with Gasteiger partial charge in [-0.25, -0.2) is 9.59 Å². The summed E-state index contributed by atoms with van der Waals surface area (Å²) < 4.78 is 4.20. The molecule has 1 fully saturated rings. The van der Waals surface area contributed by atoms with E-state index in [1.165, 1.54) is 39.2 Å². The maximum atomic E-state index is 12.9. The van der Waals surface area contributed by atoms with Gasteiger partial charge >= 0.3 is 12.0 Å². The molecule has 3 rings (SSSR count). The van der Waals surface area contributed by atoms with Crippen LogP contribution in [0.1, 0.15) is 32.1 Å². The molecule has 6 nitrogen and oxygen atoms in total. The number of nitrogens with one attached hydrogen (secondary N) is 1. The van der Waals surface area contributed by atoms with Gasteiger partial charge in [0.2, 0.25) is 0 Å². The van der Waals surface area contributed by atoms with E-state index in [-0.39, 0.29) is 12.6 Å². The minimum absolute atomic E-state index is 0.103. The Labute approximate surface area is 182 Å². The molecule has 1 aliphatic carbocycles. The van der Waals surface area contributed by atoms with Crippen molar-refractivity contribution >= 4 is 35.0 Å². The van der Waals surface area contributed by atoms with Gasteiger partial charge in [-0.05, 0) is 49.1 Å². The lowest BCUT2D eigenvalue weighted by molar-refractivity contribution is -0.141. The van der Waals surface area contributed by atoms with Crippen LogP contribution in [0.5, 0.6) is 0 Å². The summed E-state index contributed by atoms with van der Waals surface area (Å²) in [5.74, 6) is -0.336. The predicted octanol–water partition coefficient (Wildman–Crippen LogP) is 5.49. The van der Waals surface area contributed by atoms with Crippen molar-refractivity contribution in [3.63, 3.8) is 0 Å². The molecule has 0 bridgehead atoms. The fraction of sp³-hybridized carbons (Fsp3) is 0.391. The Morgan fingerprint density at radius 2 is 1.73 bits per heavy atom. The second-order valence-electron chi connectivity index (χ2n) is 7.17. The van der Waals surface area contributed by atoms with E-state index in [0.717, 1.165) is 17.9 Å². The molecule has 0 spiro atoms. The van der Waals surface area contributed by atoms with Gasteiger partial charge in [-0.3, -0.25) is 4.90 Å². The molecule has 2 N–H and O–H groups in total. The van der Waals surface area contributed by atoms with E-state index in [1.807, 2.05) is 54.6 Å². The Bertz CT molecular complexity index is 795. The van der Waals surface area contributed by atoms with E-state index in [4.69, 9.17) is 16.7 Å². The lowest BCUT2D eigenvalue weighted by atomic mass is 9.89. The fourth-order valence-corrected chi connectivity index (χ4v) is 3.59. The van der Waals surface area contributed by atoms with Gasteiger partial charge in [0.15, 0.2) is 0 Å².